The zero-order valence-corrected chi connectivity index (χ0v) is 5.55. The smallest absolute Gasteiger partial charge is 0.234 e. The van der Waals surface area contributed by atoms with E-state index in [-0.39, 0.29) is 18.4 Å². The van der Waals surface area contributed by atoms with Crippen LogP contribution in [-0.4, -0.2) is 25.0 Å². The van der Waals surface area contributed by atoms with Crippen molar-refractivity contribution in [2.75, 3.05) is 13.1 Å². The molecule has 4 heteroatoms. The van der Waals surface area contributed by atoms with Gasteiger partial charge in [-0.1, -0.05) is 0 Å². The molecule has 0 aromatic heterocycles. The third-order valence-corrected chi connectivity index (χ3v) is 1.39. The van der Waals surface area contributed by atoms with Crippen molar-refractivity contribution in [3.8, 4) is 6.07 Å². The molecular weight excluding hydrogens is 130 g/mol. The van der Waals surface area contributed by atoms with Crippen molar-refractivity contribution in [2.45, 2.75) is 12.5 Å². The molecule has 1 heterocycles. The van der Waals surface area contributed by atoms with Crippen LogP contribution in [0.25, 0.3) is 0 Å². The standard InChI is InChI=1S/C6H9N3O/c7-2-1-6(10)9-5-3-8-4-5/h5,8H,1,3-4H2,(H,9,10). The quantitative estimate of drug-likeness (QED) is 0.515. The molecule has 0 spiro atoms. The summed E-state index contributed by atoms with van der Waals surface area (Å²) in [5, 5.41) is 13.8. The minimum atomic E-state index is -0.172. The first-order valence-electron chi connectivity index (χ1n) is 3.20. The molecule has 54 valence electrons. The number of carbonyl (C=O) groups excluding carboxylic acids is 1. The summed E-state index contributed by atoms with van der Waals surface area (Å²) in [6, 6.07) is 2.04. The Labute approximate surface area is 59.2 Å². The molecule has 0 bridgehead atoms. The highest BCUT2D eigenvalue weighted by atomic mass is 16.1. The lowest BCUT2D eigenvalue weighted by atomic mass is 10.2. The van der Waals surface area contributed by atoms with Gasteiger partial charge in [0.1, 0.15) is 6.42 Å². The molecule has 1 saturated heterocycles. The number of rotatable bonds is 2. The summed E-state index contributed by atoms with van der Waals surface area (Å²) in [6.45, 7) is 1.66. The van der Waals surface area contributed by atoms with E-state index in [0.717, 1.165) is 13.1 Å². The molecule has 0 saturated carbocycles. The van der Waals surface area contributed by atoms with Crippen LogP contribution in [-0.2, 0) is 4.79 Å². The van der Waals surface area contributed by atoms with E-state index in [2.05, 4.69) is 10.6 Å². The Morgan fingerprint density at radius 2 is 2.50 bits per heavy atom. The first-order chi connectivity index (χ1) is 4.83. The second kappa shape index (κ2) is 3.18. The van der Waals surface area contributed by atoms with Crippen LogP contribution in [0.5, 0.6) is 0 Å². The zero-order valence-electron chi connectivity index (χ0n) is 5.55. The van der Waals surface area contributed by atoms with E-state index in [0.29, 0.717) is 0 Å². The average Bonchev–Trinajstić information content (AvgIpc) is 1.80. The van der Waals surface area contributed by atoms with Gasteiger partial charge in [0, 0.05) is 13.1 Å². The van der Waals surface area contributed by atoms with Crippen LogP contribution < -0.4 is 10.6 Å². The Balaban J connectivity index is 2.12. The normalized spacial score (nSPS) is 17.1. The molecule has 0 aliphatic carbocycles. The van der Waals surface area contributed by atoms with Gasteiger partial charge in [-0.2, -0.15) is 5.26 Å². The predicted octanol–water partition coefficient (Wildman–Crippen LogP) is -1.01. The van der Waals surface area contributed by atoms with E-state index in [4.69, 9.17) is 5.26 Å². The molecule has 1 rings (SSSR count). The highest BCUT2D eigenvalue weighted by molar-refractivity contribution is 5.78. The van der Waals surface area contributed by atoms with Crippen molar-refractivity contribution < 1.29 is 4.79 Å². The molecule has 4 nitrogen and oxygen atoms in total. The largest absolute Gasteiger partial charge is 0.350 e. The van der Waals surface area contributed by atoms with Crippen LogP contribution in [0, 0.1) is 11.3 Å². The maximum atomic E-state index is 10.7. The minimum absolute atomic E-state index is 0.0312. The van der Waals surface area contributed by atoms with Crippen molar-refractivity contribution in [1.29, 1.82) is 5.26 Å². The van der Waals surface area contributed by atoms with Gasteiger partial charge in [-0.05, 0) is 0 Å². The van der Waals surface area contributed by atoms with Crippen molar-refractivity contribution in [3.63, 3.8) is 0 Å². The summed E-state index contributed by atoms with van der Waals surface area (Å²) in [5.74, 6) is -0.172. The van der Waals surface area contributed by atoms with Crippen LogP contribution in [0.3, 0.4) is 0 Å². The minimum Gasteiger partial charge on any atom is -0.350 e. The van der Waals surface area contributed by atoms with E-state index in [1.807, 2.05) is 0 Å². The molecule has 0 atom stereocenters. The van der Waals surface area contributed by atoms with E-state index >= 15 is 0 Å². The van der Waals surface area contributed by atoms with Gasteiger partial charge in [-0.3, -0.25) is 4.79 Å². The van der Waals surface area contributed by atoms with E-state index in [1.165, 1.54) is 0 Å². The van der Waals surface area contributed by atoms with E-state index in [1.54, 1.807) is 6.07 Å². The summed E-state index contributed by atoms with van der Waals surface area (Å²) >= 11 is 0. The van der Waals surface area contributed by atoms with Gasteiger partial charge in [0.05, 0.1) is 12.1 Å². The molecule has 1 amide bonds. The number of nitrogens with zero attached hydrogens (tertiary/aromatic N) is 1. The number of hydrogen-bond acceptors (Lipinski definition) is 3. The maximum absolute atomic E-state index is 10.7. The Bertz CT molecular complexity index is 168. The van der Waals surface area contributed by atoms with Gasteiger partial charge in [0.15, 0.2) is 0 Å². The first-order valence-corrected chi connectivity index (χ1v) is 3.20. The van der Waals surface area contributed by atoms with Gasteiger partial charge in [-0.25, -0.2) is 0 Å². The van der Waals surface area contributed by atoms with E-state index < -0.39 is 0 Å². The number of nitriles is 1. The molecular formula is C6H9N3O. The van der Waals surface area contributed by atoms with Gasteiger partial charge >= 0.3 is 0 Å². The molecule has 2 N–H and O–H groups in total. The lowest BCUT2D eigenvalue weighted by Crippen LogP contribution is -2.56. The zero-order chi connectivity index (χ0) is 7.40. The molecule has 1 fully saturated rings. The Morgan fingerprint density at radius 1 is 1.80 bits per heavy atom. The molecule has 1 aliphatic rings. The molecule has 0 unspecified atom stereocenters. The number of carbonyl (C=O) groups is 1. The van der Waals surface area contributed by atoms with Gasteiger partial charge in [0.2, 0.25) is 5.91 Å². The van der Waals surface area contributed by atoms with Crippen LogP contribution >= 0.6 is 0 Å². The molecule has 0 aromatic carbocycles. The fourth-order valence-electron chi connectivity index (χ4n) is 0.741. The summed E-state index contributed by atoms with van der Waals surface area (Å²) in [4.78, 5) is 10.7. The fourth-order valence-corrected chi connectivity index (χ4v) is 0.741. The summed E-state index contributed by atoms with van der Waals surface area (Å²) in [7, 11) is 0. The third-order valence-electron chi connectivity index (χ3n) is 1.39. The van der Waals surface area contributed by atoms with Gasteiger partial charge in [0.25, 0.3) is 0 Å². The van der Waals surface area contributed by atoms with Crippen LogP contribution in [0.1, 0.15) is 6.42 Å². The van der Waals surface area contributed by atoms with E-state index in [9.17, 15) is 4.79 Å². The molecule has 0 radical (unpaired) electrons. The summed E-state index contributed by atoms with van der Waals surface area (Å²) < 4.78 is 0. The second-order valence-corrected chi connectivity index (χ2v) is 2.26. The first kappa shape index (κ1) is 7.03. The lowest BCUT2D eigenvalue weighted by Gasteiger charge is -2.27. The monoisotopic (exact) mass is 139 g/mol. The second-order valence-electron chi connectivity index (χ2n) is 2.26. The highest BCUT2D eigenvalue weighted by Crippen LogP contribution is 1.90. The average molecular weight is 139 g/mol. The van der Waals surface area contributed by atoms with Gasteiger partial charge in [-0.15, -0.1) is 0 Å². The SMILES string of the molecule is N#CCC(=O)NC1CNC1. The van der Waals surface area contributed by atoms with Crippen LogP contribution in [0.15, 0.2) is 0 Å². The predicted molar refractivity (Wildman–Crippen MR) is 35.0 cm³/mol. The Morgan fingerprint density at radius 3 is 2.90 bits per heavy atom. The molecule has 0 aromatic rings. The van der Waals surface area contributed by atoms with Crippen LogP contribution in [0.2, 0.25) is 0 Å². The van der Waals surface area contributed by atoms with Crippen LogP contribution in [0.4, 0.5) is 0 Å². The highest BCUT2D eigenvalue weighted by Gasteiger charge is 2.17. The number of amides is 1. The van der Waals surface area contributed by atoms with Crippen molar-refractivity contribution in [3.05, 3.63) is 0 Å². The summed E-state index contributed by atoms with van der Waals surface area (Å²) in [6.07, 6.45) is -0.0312. The van der Waals surface area contributed by atoms with Crippen molar-refractivity contribution in [2.24, 2.45) is 0 Å². The topological polar surface area (TPSA) is 64.9 Å². The number of nitrogens with one attached hydrogen (secondary N) is 2. The fraction of sp³-hybridized carbons (Fsp3) is 0.667. The maximum Gasteiger partial charge on any atom is 0.234 e. The van der Waals surface area contributed by atoms with Crippen molar-refractivity contribution >= 4 is 5.91 Å². The Hall–Kier alpha value is -1.08. The van der Waals surface area contributed by atoms with Gasteiger partial charge < -0.3 is 10.6 Å². The number of hydrogen-bond donors (Lipinski definition) is 2. The van der Waals surface area contributed by atoms with Crippen molar-refractivity contribution in [1.82, 2.24) is 10.6 Å². The summed E-state index contributed by atoms with van der Waals surface area (Å²) in [5.41, 5.74) is 0. The molecule has 1 aliphatic heterocycles. The molecule has 10 heavy (non-hydrogen) atoms. The third kappa shape index (κ3) is 1.71. The Kier molecular flexibility index (Phi) is 2.24. The lowest BCUT2D eigenvalue weighted by molar-refractivity contribution is -0.121.